The molecule has 1 heterocycles. The van der Waals surface area contributed by atoms with Crippen LogP contribution < -0.4 is 5.32 Å². The molecular formula is C8H12FNO2. The Labute approximate surface area is 69.9 Å². The molecule has 1 saturated heterocycles. The summed E-state index contributed by atoms with van der Waals surface area (Å²) in [6.07, 6.45) is 0.375. The normalized spacial score (nSPS) is 46.1. The van der Waals surface area contributed by atoms with Crippen LogP contribution in [-0.2, 0) is 0 Å². The molecule has 2 aliphatic rings. The summed E-state index contributed by atoms with van der Waals surface area (Å²) in [6, 6.07) is -0.316. The molecule has 0 saturated carbocycles. The van der Waals surface area contributed by atoms with E-state index in [1.807, 2.05) is 6.08 Å². The van der Waals surface area contributed by atoms with E-state index in [-0.39, 0.29) is 18.6 Å². The van der Waals surface area contributed by atoms with Crippen LogP contribution in [0.3, 0.4) is 0 Å². The fraction of sp³-hybridized carbons (Fsp3) is 0.750. The van der Waals surface area contributed by atoms with E-state index in [0.717, 1.165) is 12.0 Å². The van der Waals surface area contributed by atoms with E-state index in [1.54, 1.807) is 0 Å². The highest BCUT2D eigenvalue weighted by Crippen LogP contribution is 2.38. The lowest BCUT2D eigenvalue weighted by Crippen LogP contribution is -2.34. The van der Waals surface area contributed by atoms with Gasteiger partial charge in [-0.1, -0.05) is 11.6 Å². The van der Waals surface area contributed by atoms with Crippen LogP contribution >= 0.6 is 0 Å². The summed E-state index contributed by atoms with van der Waals surface area (Å²) in [5.74, 6) is -0.315. The van der Waals surface area contributed by atoms with Gasteiger partial charge in [0.2, 0.25) is 0 Å². The lowest BCUT2D eigenvalue weighted by molar-refractivity contribution is 0.0759. The Morgan fingerprint density at radius 1 is 1.67 bits per heavy atom. The first-order valence-electron chi connectivity index (χ1n) is 4.12. The Kier molecular flexibility index (Phi) is 1.90. The van der Waals surface area contributed by atoms with Crippen LogP contribution in [-0.4, -0.2) is 35.3 Å². The molecule has 68 valence electrons. The monoisotopic (exact) mass is 173 g/mol. The average Bonchev–Trinajstić information content (AvgIpc) is 2.82. The Hall–Kier alpha value is -0.450. The number of hydrogen-bond donors (Lipinski definition) is 3. The van der Waals surface area contributed by atoms with Crippen LogP contribution in [0.5, 0.6) is 0 Å². The Bertz CT molecular complexity index is 219. The highest BCUT2D eigenvalue weighted by atomic mass is 19.1. The van der Waals surface area contributed by atoms with Crippen molar-refractivity contribution in [2.75, 3.05) is 6.61 Å². The number of nitrogens with one attached hydrogen (secondary N) is 1. The molecule has 2 rings (SSSR count). The molecule has 0 spiro atoms. The van der Waals surface area contributed by atoms with Crippen LogP contribution in [0.2, 0.25) is 0 Å². The van der Waals surface area contributed by atoms with E-state index < -0.39 is 12.4 Å². The van der Waals surface area contributed by atoms with Gasteiger partial charge in [0.25, 0.3) is 0 Å². The van der Waals surface area contributed by atoms with Crippen LogP contribution in [0.15, 0.2) is 11.6 Å². The summed E-state index contributed by atoms with van der Waals surface area (Å²) in [7, 11) is 0. The van der Waals surface area contributed by atoms with Gasteiger partial charge in [0.05, 0.1) is 6.61 Å². The highest BCUT2D eigenvalue weighted by molar-refractivity contribution is 5.29. The van der Waals surface area contributed by atoms with Gasteiger partial charge in [-0.25, -0.2) is 4.39 Å². The van der Waals surface area contributed by atoms with E-state index in [0.29, 0.717) is 0 Å². The molecule has 0 radical (unpaired) electrons. The van der Waals surface area contributed by atoms with E-state index in [9.17, 15) is 4.39 Å². The van der Waals surface area contributed by atoms with Gasteiger partial charge in [-0.3, -0.25) is 5.32 Å². The molecule has 0 aromatic heterocycles. The number of allylic oxidation sites excluding steroid dienone is 1. The molecule has 0 aromatic carbocycles. The largest absolute Gasteiger partial charge is 0.395 e. The number of hydrogen-bond acceptors (Lipinski definition) is 3. The fourth-order valence-electron chi connectivity index (χ4n) is 1.79. The molecule has 1 unspecified atom stereocenters. The predicted molar refractivity (Wildman–Crippen MR) is 41.1 cm³/mol. The number of rotatable bonds is 2. The predicted octanol–water partition coefficient (Wildman–Crippen LogP) is -0.447. The SMILES string of the molecule is OC[C@H]1NC(O)[C@H](F)[C@H]1C1=CC1. The fourth-order valence-corrected chi connectivity index (χ4v) is 1.79. The van der Waals surface area contributed by atoms with Gasteiger partial charge in [-0.2, -0.15) is 0 Å². The number of alkyl halides is 1. The summed E-state index contributed by atoms with van der Waals surface area (Å²) in [5, 5.41) is 20.6. The molecule has 0 bridgehead atoms. The van der Waals surface area contributed by atoms with E-state index in [4.69, 9.17) is 10.2 Å². The van der Waals surface area contributed by atoms with Gasteiger partial charge in [0, 0.05) is 12.0 Å². The molecule has 1 fully saturated rings. The molecule has 1 aliphatic heterocycles. The van der Waals surface area contributed by atoms with Crippen molar-refractivity contribution in [3.63, 3.8) is 0 Å². The average molecular weight is 173 g/mol. The van der Waals surface area contributed by atoms with Crippen molar-refractivity contribution in [3.05, 3.63) is 11.6 Å². The summed E-state index contributed by atoms with van der Waals surface area (Å²) in [6.45, 7) is -0.126. The van der Waals surface area contributed by atoms with Gasteiger partial charge >= 0.3 is 0 Å². The molecule has 3 N–H and O–H groups in total. The van der Waals surface area contributed by atoms with Crippen LogP contribution in [0, 0.1) is 5.92 Å². The lowest BCUT2D eigenvalue weighted by atomic mass is 9.96. The minimum Gasteiger partial charge on any atom is -0.395 e. The summed E-state index contributed by atoms with van der Waals surface area (Å²) < 4.78 is 13.2. The lowest BCUT2D eigenvalue weighted by Gasteiger charge is -2.14. The van der Waals surface area contributed by atoms with Crippen LogP contribution in [0.1, 0.15) is 6.42 Å². The Balaban J connectivity index is 2.10. The molecular weight excluding hydrogens is 161 g/mol. The zero-order chi connectivity index (χ0) is 8.72. The maximum Gasteiger partial charge on any atom is 0.147 e. The molecule has 1 aliphatic carbocycles. The van der Waals surface area contributed by atoms with E-state index in [2.05, 4.69) is 5.32 Å². The second kappa shape index (κ2) is 2.80. The van der Waals surface area contributed by atoms with Crippen LogP contribution in [0.25, 0.3) is 0 Å². The summed E-state index contributed by atoms with van der Waals surface area (Å²) >= 11 is 0. The third-order valence-electron chi connectivity index (χ3n) is 2.53. The molecule has 12 heavy (non-hydrogen) atoms. The minimum atomic E-state index is -1.27. The zero-order valence-corrected chi connectivity index (χ0v) is 6.57. The molecule has 4 atom stereocenters. The highest BCUT2D eigenvalue weighted by Gasteiger charge is 2.45. The first kappa shape index (κ1) is 8.16. The second-order valence-corrected chi connectivity index (χ2v) is 3.35. The molecule has 0 aromatic rings. The van der Waals surface area contributed by atoms with Crippen molar-refractivity contribution in [2.45, 2.75) is 24.9 Å². The van der Waals surface area contributed by atoms with E-state index in [1.165, 1.54) is 0 Å². The molecule has 0 amide bonds. The molecule has 4 heteroatoms. The van der Waals surface area contributed by atoms with Crippen molar-refractivity contribution in [1.82, 2.24) is 5.32 Å². The van der Waals surface area contributed by atoms with Crippen molar-refractivity contribution < 1.29 is 14.6 Å². The second-order valence-electron chi connectivity index (χ2n) is 3.35. The van der Waals surface area contributed by atoms with Gasteiger partial charge in [-0.05, 0) is 6.42 Å². The van der Waals surface area contributed by atoms with Crippen LogP contribution in [0.4, 0.5) is 4.39 Å². The van der Waals surface area contributed by atoms with Gasteiger partial charge in [0.1, 0.15) is 12.4 Å². The quantitative estimate of drug-likeness (QED) is 0.496. The number of halogens is 1. The van der Waals surface area contributed by atoms with Crippen molar-refractivity contribution in [1.29, 1.82) is 0 Å². The minimum absolute atomic E-state index is 0.126. The van der Waals surface area contributed by atoms with Gasteiger partial charge < -0.3 is 10.2 Å². The van der Waals surface area contributed by atoms with Gasteiger partial charge in [0.15, 0.2) is 0 Å². The smallest absolute Gasteiger partial charge is 0.147 e. The topological polar surface area (TPSA) is 52.5 Å². The zero-order valence-electron chi connectivity index (χ0n) is 6.57. The first-order chi connectivity index (χ1) is 5.74. The van der Waals surface area contributed by atoms with Crippen molar-refractivity contribution in [2.24, 2.45) is 5.92 Å². The van der Waals surface area contributed by atoms with Crippen molar-refractivity contribution >= 4 is 0 Å². The van der Waals surface area contributed by atoms with E-state index >= 15 is 0 Å². The maximum absolute atomic E-state index is 13.2. The third kappa shape index (κ3) is 1.16. The summed E-state index contributed by atoms with van der Waals surface area (Å²) in [5.41, 5.74) is 1.02. The Morgan fingerprint density at radius 3 is 2.83 bits per heavy atom. The summed E-state index contributed by atoms with van der Waals surface area (Å²) in [4.78, 5) is 0. The standard InChI is InChI=1S/C8H12FNO2/c9-7-6(4-1-2-4)5(3-11)10-8(7)12/h1,5-8,10-12H,2-3H2/t5-,6+,7-,8?/m1/s1. The first-order valence-corrected chi connectivity index (χ1v) is 4.12. The molecule has 3 nitrogen and oxygen atoms in total. The number of aliphatic hydroxyl groups excluding tert-OH is 2. The van der Waals surface area contributed by atoms with Gasteiger partial charge in [-0.15, -0.1) is 0 Å². The third-order valence-corrected chi connectivity index (χ3v) is 2.53. The maximum atomic E-state index is 13.2. The van der Waals surface area contributed by atoms with Crippen molar-refractivity contribution in [3.8, 4) is 0 Å². The Morgan fingerprint density at radius 2 is 2.33 bits per heavy atom. The number of aliphatic hydroxyl groups is 2.